The maximum Gasteiger partial charge on any atom is 0.335 e. The quantitative estimate of drug-likeness (QED) is 0.776. The summed E-state index contributed by atoms with van der Waals surface area (Å²) in [6.07, 6.45) is 4.14. The molecule has 0 amide bonds. The Bertz CT molecular complexity index is 877. The van der Waals surface area contributed by atoms with Gasteiger partial charge in [0.15, 0.2) is 0 Å². The third kappa shape index (κ3) is 2.67. The molecule has 0 unspecified atom stereocenters. The molecule has 1 aliphatic heterocycles. The fraction of sp³-hybridized carbons (Fsp3) is 0.263. The smallest absolute Gasteiger partial charge is 0.335 e. The number of hydrogen-bond donors (Lipinski definition) is 2. The van der Waals surface area contributed by atoms with Crippen molar-refractivity contribution in [1.29, 1.82) is 0 Å². The van der Waals surface area contributed by atoms with E-state index in [1.807, 2.05) is 18.3 Å². The third-order valence-electron chi connectivity index (χ3n) is 4.72. The highest BCUT2D eigenvalue weighted by molar-refractivity contribution is 5.89. The molecule has 0 atom stereocenters. The molecule has 1 aromatic heterocycles. The fourth-order valence-corrected chi connectivity index (χ4v) is 3.38. The van der Waals surface area contributed by atoms with Crippen LogP contribution in [0.2, 0.25) is 0 Å². The van der Waals surface area contributed by atoms with Gasteiger partial charge in [0.25, 0.3) is 0 Å². The molecule has 24 heavy (non-hydrogen) atoms. The summed E-state index contributed by atoms with van der Waals surface area (Å²) in [5.74, 6) is -0.903. The summed E-state index contributed by atoms with van der Waals surface area (Å²) in [4.78, 5) is 11.0. The molecule has 2 N–H and O–H groups in total. The normalized spacial score (nSPS) is 15.7. The Morgan fingerprint density at radius 1 is 1.08 bits per heavy atom. The van der Waals surface area contributed by atoms with E-state index in [4.69, 9.17) is 5.11 Å². The summed E-state index contributed by atoms with van der Waals surface area (Å²) in [7, 11) is 0. The minimum absolute atomic E-state index is 0.304. The first-order valence-corrected chi connectivity index (χ1v) is 8.24. The molecule has 0 saturated carbocycles. The molecule has 2 heterocycles. The summed E-state index contributed by atoms with van der Waals surface area (Å²) in [6.45, 7) is 2.08. The van der Waals surface area contributed by atoms with E-state index in [0.717, 1.165) is 48.0 Å². The maximum absolute atomic E-state index is 11.0. The number of carbonyl (C=O) groups is 1. The molecule has 122 valence electrons. The van der Waals surface area contributed by atoms with Crippen molar-refractivity contribution in [2.24, 2.45) is 0 Å². The van der Waals surface area contributed by atoms with Gasteiger partial charge in [0.2, 0.25) is 0 Å². The highest BCUT2D eigenvalue weighted by Gasteiger charge is 2.17. The summed E-state index contributed by atoms with van der Waals surface area (Å²) < 4.78 is 2.15. The molecule has 3 aromatic rings. The number of carboxylic acid groups (broad SMARTS) is 1. The summed E-state index contributed by atoms with van der Waals surface area (Å²) >= 11 is 0. The van der Waals surface area contributed by atoms with Crippen molar-refractivity contribution in [3.05, 3.63) is 54.2 Å². The predicted molar refractivity (Wildman–Crippen MR) is 93.3 cm³/mol. The van der Waals surface area contributed by atoms with E-state index < -0.39 is 5.97 Å². The second-order valence-electron chi connectivity index (χ2n) is 6.23. The lowest BCUT2D eigenvalue weighted by atomic mass is 10.0. The fourth-order valence-electron chi connectivity index (χ4n) is 3.38. The van der Waals surface area contributed by atoms with Crippen molar-refractivity contribution < 1.29 is 9.90 Å². The van der Waals surface area contributed by atoms with Crippen molar-refractivity contribution >= 4 is 16.9 Å². The Morgan fingerprint density at radius 3 is 2.50 bits per heavy atom. The van der Waals surface area contributed by atoms with Crippen LogP contribution in [0.25, 0.3) is 22.0 Å². The molecule has 0 aliphatic carbocycles. The van der Waals surface area contributed by atoms with Gasteiger partial charge in [-0.25, -0.2) is 4.79 Å². The highest BCUT2D eigenvalue weighted by Crippen LogP contribution is 2.28. The van der Waals surface area contributed by atoms with Crippen LogP contribution in [0.3, 0.4) is 0 Å². The van der Waals surface area contributed by atoms with Crippen LogP contribution in [0.1, 0.15) is 29.2 Å². The van der Waals surface area contributed by atoms with Crippen LogP contribution in [0.5, 0.6) is 0 Å². The SMILES string of the molecule is O=C(O)c1ccc(-c2ccc3c(cnn3C3CCNCC3)c2)cc1. The van der Waals surface area contributed by atoms with Crippen molar-refractivity contribution in [1.82, 2.24) is 15.1 Å². The monoisotopic (exact) mass is 321 g/mol. The van der Waals surface area contributed by atoms with Crippen LogP contribution < -0.4 is 5.32 Å². The first-order chi connectivity index (χ1) is 11.7. The highest BCUT2D eigenvalue weighted by atomic mass is 16.4. The van der Waals surface area contributed by atoms with Gasteiger partial charge in [-0.2, -0.15) is 5.10 Å². The third-order valence-corrected chi connectivity index (χ3v) is 4.72. The number of piperidine rings is 1. The van der Waals surface area contributed by atoms with Crippen molar-refractivity contribution in [3.8, 4) is 11.1 Å². The number of carboxylic acids is 1. The standard InChI is InChI=1S/C19H19N3O2/c23-19(24)14-3-1-13(2-4-14)15-5-6-18-16(11-15)12-21-22(18)17-7-9-20-10-8-17/h1-6,11-12,17,20H,7-10H2,(H,23,24). The molecule has 4 rings (SSSR count). The number of aromatic carboxylic acids is 1. The Morgan fingerprint density at radius 2 is 1.79 bits per heavy atom. The molecule has 5 heteroatoms. The molecule has 0 bridgehead atoms. The van der Waals surface area contributed by atoms with E-state index in [9.17, 15) is 4.79 Å². The average molecular weight is 321 g/mol. The van der Waals surface area contributed by atoms with Crippen LogP contribution in [-0.4, -0.2) is 33.9 Å². The number of hydrogen-bond acceptors (Lipinski definition) is 3. The van der Waals surface area contributed by atoms with Crippen LogP contribution in [0.15, 0.2) is 48.7 Å². The van der Waals surface area contributed by atoms with Gasteiger partial charge >= 0.3 is 5.97 Å². The van der Waals surface area contributed by atoms with Crippen molar-refractivity contribution in [3.63, 3.8) is 0 Å². The van der Waals surface area contributed by atoms with Gasteiger partial charge in [0.1, 0.15) is 0 Å². The Hall–Kier alpha value is -2.66. The number of fused-ring (bicyclic) bond motifs is 1. The lowest BCUT2D eigenvalue weighted by Crippen LogP contribution is -2.29. The zero-order valence-corrected chi connectivity index (χ0v) is 13.3. The van der Waals surface area contributed by atoms with Gasteiger partial charge in [0, 0.05) is 5.39 Å². The van der Waals surface area contributed by atoms with Crippen LogP contribution >= 0.6 is 0 Å². The van der Waals surface area contributed by atoms with E-state index in [-0.39, 0.29) is 0 Å². The predicted octanol–water partition coefficient (Wildman–Crippen LogP) is 3.33. The van der Waals surface area contributed by atoms with E-state index >= 15 is 0 Å². The number of nitrogens with one attached hydrogen (secondary N) is 1. The second kappa shape index (κ2) is 6.09. The second-order valence-corrected chi connectivity index (χ2v) is 6.23. The molecule has 1 aliphatic rings. The van der Waals surface area contributed by atoms with Gasteiger partial charge in [-0.05, 0) is 61.3 Å². The molecule has 1 fully saturated rings. The van der Waals surface area contributed by atoms with E-state index in [2.05, 4.69) is 33.3 Å². The number of benzene rings is 2. The van der Waals surface area contributed by atoms with Crippen molar-refractivity contribution in [2.45, 2.75) is 18.9 Å². The van der Waals surface area contributed by atoms with Gasteiger partial charge in [0.05, 0.1) is 23.3 Å². The van der Waals surface area contributed by atoms with Gasteiger partial charge < -0.3 is 10.4 Å². The van der Waals surface area contributed by atoms with E-state index in [0.29, 0.717) is 11.6 Å². The first-order valence-electron chi connectivity index (χ1n) is 8.24. The Labute approximate surface area is 139 Å². The van der Waals surface area contributed by atoms with E-state index in [1.165, 1.54) is 0 Å². The number of aromatic nitrogens is 2. The lowest BCUT2D eigenvalue weighted by molar-refractivity contribution is 0.0697. The molecular formula is C19H19N3O2. The summed E-state index contributed by atoms with van der Waals surface area (Å²) in [5.41, 5.74) is 3.55. The van der Waals surface area contributed by atoms with Crippen LogP contribution in [0, 0.1) is 0 Å². The Balaban J connectivity index is 1.67. The molecule has 1 saturated heterocycles. The lowest BCUT2D eigenvalue weighted by Gasteiger charge is -2.23. The maximum atomic E-state index is 11.0. The first kappa shape index (κ1) is 14.9. The van der Waals surface area contributed by atoms with Crippen molar-refractivity contribution in [2.75, 3.05) is 13.1 Å². The molecule has 2 aromatic carbocycles. The molecular weight excluding hydrogens is 302 g/mol. The minimum Gasteiger partial charge on any atom is -0.478 e. The summed E-state index contributed by atoms with van der Waals surface area (Å²) in [5, 5.41) is 18.1. The number of rotatable bonds is 3. The van der Waals surface area contributed by atoms with Crippen LogP contribution in [-0.2, 0) is 0 Å². The average Bonchev–Trinajstić information content (AvgIpc) is 3.05. The Kier molecular flexibility index (Phi) is 3.78. The van der Waals surface area contributed by atoms with Crippen LogP contribution in [0.4, 0.5) is 0 Å². The summed E-state index contributed by atoms with van der Waals surface area (Å²) in [6, 6.07) is 13.8. The molecule has 5 nitrogen and oxygen atoms in total. The minimum atomic E-state index is -0.903. The number of nitrogens with zero attached hydrogens (tertiary/aromatic N) is 2. The van der Waals surface area contributed by atoms with E-state index in [1.54, 1.807) is 12.1 Å². The molecule has 0 radical (unpaired) electrons. The topological polar surface area (TPSA) is 67.1 Å². The zero-order valence-electron chi connectivity index (χ0n) is 13.3. The molecule has 0 spiro atoms. The van der Waals surface area contributed by atoms with Gasteiger partial charge in [-0.1, -0.05) is 18.2 Å². The van der Waals surface area contributed by atoms with Gasteiger partial charge in [-0.15, -0.1) is 0 Å². The zero-order chi connectivity index (χ0) is 16.5. The van der Waals surface area contributed by atoms with Gasteiger partial charge in [-0.3, -0.25) is 4.68 Å². The largest absolute Gasteiger partial charge is 0.478 e.